The molecule has 2 atom stereocenters. The van der Waals surface area contributed by atoms with E-state index in [-0.39, 0.29) is 6.10 Å². The van der Waals surface area contributed by atoms with E-state index in [1.807, 2.05) is 0 Å². The molecule has 44 valence electrons. The molecule has 8 heavy (non-hydrogen) atoms. The van der Waals surface area contributed by atoms with E-state index in [4.69, 9.17) is 5.11 Å². The van der Waals surface area contributed by atoms with Crippen LogP contribution in [0.2, 0.25) is 0 Å². The second-order valence-electron chi connectivity index (χ2n) is 2.80. The van der Waals surface area contributed by atoms with Crippen molar-refractivity contribution in [2.75, 3.05) is 0 Å². The first-order valence-corrected chi connectivity index (χ1v) is 3.24. The minimum atomic E-state index is -0.0150. The molecule has 0 fully saturated rings. The van der Waals surface area contributed by atoms with E-state index in [2.05, 4.69) is 6.08 Å². The molecule has 0 amide bonds. The molecule has 0 heterocycles. The van der Waals surface area contributed by atoms with Gasteiger partial charge in [-0.05, 0) is 19.3 Å². The highest BCUT2D eigenvalue weighted by molar-refractivity contribution is 5.20. The molecular formula is C7H10O. The lowest BCUT2D eigenvalue weighted by Gasteiger charge is -2.15. The summed E-state index contributed by atoms with van der Waals surface area (Å²) >= 11 is 0. The molecule has 0 saturated heterocycles. The molecule has 2 aliphatic rings. The van der Waals surface area contributed by atoms with Gasteiger partial charge >= 0.3 is 0 Å². The van der Waals surface area contributed by atoms with Crippen LogP contribution in [0.1, 0.15) is 19.3 Å². The molecule has 0 radical (unpaired) electrons. The number of hydrogen-bond donors (Lipinski definition) is 1. The number of rotatable bonds is 0. The van der Waals surface area contributed by atoms with Crippen molar-refractivity contribution in [2.45, 2.75) is 25.4 Å². The van der Waals surface area contributed by atoms with Crippen LogP contribution < -0.4 is 0 Å². The van der Waals surface area contributed by atoms with Crippen LogP contribution in [0.15, 0.2) is 11.6 Å². The zero-order valence-corrected chi connectivity index (χ0v) is 4.80. The van der Waals surface area contributed by atoms with Crippen molar-refractivity contribution in [3.05, 3.63) is 11.6 Å². The Hall–Kier alpha value is -0.300. The lowest BCUT2D eigenvalue weighted by molar-refractivity contribution is 0.129. The third kappa shape index (κ3) is 0.451. The Morgan fingerprint density at radius 2 is 2.50 bits per heavy atom. The average molecular weight is 110 g/mol. The molecule has 2 unspecified atom stereocenters. The van der Waals surface area contributed by atoms with Crippen molar-refractivity contribution in [1.29, 1.82) is 0 Å². The van der Waals surface area contributed by atoms with Gasteiger partial charge in [0.1, 0.15) is 0 Å². The summed E-state index contributed by atoms with van der Waals surface area (Å²) in [4.78, 5) is 0. The Kier molecular flexibility index (Phi) is 0.770. The lowest BCUT2D eigenvalue weighted by atomic mass is 9.96. The zero-order valence-electron chi connectivity index (χ0n) is 4.80. The molecule has 1 N–H and O–H groups in total. The minimum Gasteiger partial charge on any atom is -0.392 e. The van der Waals surface area contributed by atoms with Crippen molar-refractivity contribution >= 4 is 0 Å². The van der Waals surface area contributed by atoms with Gasteiger partial charge in [-0.25, -0.2) is 0 Å². The normalized spacial score (nSPS) is 42.9. The third-order valence-corrected chi connectivity index (χ3v) is 2.21. The van der Waals surface area contributed by atoms with Crippen LogP contribution in [-0.4, -0.2) is 11.2 Å². The highest BCUT2D eigenvalue weighted by atomic mass is 16.3. The maximum Gasteiger partial charge on any atom is 0.0640 e. The van der Waals surface area contributed by atoms with Gasteiger partial charge in [0.2, 0.25) is 0 Å². The van der Waals surface area contributed by atoms with Crippen molar-refractivity contribution in [2.24, 2.45) is 5.92 Å². The van der Waals surface area contributed by atoms with Crippen LogP contribution in [0.25, 0.3) is 0 Å². The predicted molar refractivity (Wildman–Crippen MR) is 31.4 cm³/mol. The summed E-state index contributed by atoms with van der Waals surface area (Å²) in [5, 5.41) is 9.17. The molecule has 2 rings (SSSR count). The van der Waals surface area contributed by atoms with Gasteiger partial charge in [0.15, 0.2) is 0 Å². The van der Waals surface area contributed by atoms with Gasteiger partial charge in [-0.2, -0.15) is 0 Å². The fourth-order valence-electron chi connectivity index (χ4n) is 1.72. The number of hydrogen-bond acceptors (Lipinski definition) is 1. The first kappa shape index (κ1) is 4.57. The van der Waals surface area contributed by atoms with Crippen molar-refractivity contribution in [1.82, 2.24) is 0 Å². The van der Waals surface area contributed by atoms with E-state index in [1.54, 1.807) is 0 Å². The van der Waals surface area contributed by atoms with Gasteiger partial charge in [0, 0.05) is 5.92 Å². The van der Waals surface area contributed by atoms with Crippen molar-refractivity contribution in [3.63, 3.8) is 0 Å². The van der Waals surface area contributed by atoms with Crippen LogP contribution in [-0.2, 0) is 0 Å². The summed E-state index contributed by atoms with van der Waals surface area (Å²) in [6.07, 6.45) is 5.65. The second kappa shape index (κ2) is 1.35. The highest BCUT2D eigenvalue weighted by Crippen LogP contribution is 2.38. The number of fused-ring (bicyclic) bond motifs is 1. The summed E-state index contributed by atoms with van der Waals surface area (Å²) in [7, 11) is 0. The van der Waals surface area contributed by atoms with Gasteiger partial charge in [-0.3, -0.25) is 0 Å². The third-order valence-electron chi connectivity index (χ3n) is 2.21. The second-order valence-corrected chi connectivity index (χ2v) is 2.80. The molecule has 2 bridgehead atoms. The van der Waals surface area contributed by atoms with Crippen molar-refractivity contribution in [3.8, 4) is 0 Å². The van der Waals surface area contributed by atoms with E-state index >= 15 is 0 Å². The average Bonchev–Trinajstić information content (AvgIpc) is 2.23. The van der Waals surface area contributed by atoms with Crippen LogP contribution >= 0.6 is 0 Å². The van der Waals surface area contributed by atoms with Crippen molar-refractivity contribution < 1.29 is 5.11 Å². The molecule has 1 nitrogen and oxygen atoms in total. The Morgan fingerprint density at radius 3 is 2.75 bits per heavy atom. The first-order chi connectivity index (χ1) is 3.86. The molecular weight excluding hydrogens is 100 g/mol. The molecule has 0 saturated carbocycles. The van der Waals surface area contributed by atoms with Crippen LogP contribution in [0.4, 0.5) is 0 Å². The molecule has 2 aliphatic carbocycles. The Bertz CT molecular complexity index is 137. The summed E-state index contributed by atoms with van der Waals surface area (Å²) in [5.74, 6) is 0.532. The van der Waals surface area contributed by atoms with E-state index in [9.17, 15) is 0 Å². The molecule has 0 aromatic carbocycles. The van der Waals surface area contributed by atoms with E-state index in [1.165, 1.54) is 18.4 Å². The van der Waals surface area contributed by atoms with Crippen LogP contribution in [0, 0.1) is 5.92 Å². The largest absolute Gasteiger partial charge is 0.392 e. The Morgan fingerprint density at radius 1 is 1.62 bits per heavy atom. The van der Waals surface area contributed by atoms with E-state index in [0.29, 0.717) is 5.92 Å². The topological polar surface area (TPSA) is 20.2 Å². The van der Waals surface area contributed by atoms with Crippen LogP contribution in [0.5, 0.6) is 0 Å². The van der Waals surface area contributed by atoms with E-state index < -0.39 is 0 Å². The van der Waals surface area contributed by atoms with Gasteiger partial charge in [-0.1, -0.05) is 11.6 Å². The maximum atomic E-state index is 9.17. The summed E-state index contributed by atoms with van der Waals surface area (Å²) in [6, 6.07) is 0. The summed E-state index contributed by atoms with van der Waals surface area (Å²) < 4.78 is 0. The Labute approximate surface area is 49.0 Å². The smallest absolute Gasteiger partial charge is 0.0640 e. The Balaban J connectivity index is 2.21. The lowest BCUT2D eigenvalue weighted by Crippen LogP contribution is -2.15. The van der Waals surface area contributed by atoms with Gasteiger partial charge < -0.3 is 5.11 Å². The first-order valence-electron chi connectivity index (χ1n) is 3.24. The fraction of sp³-hybridized carbons (Fsp3) is 0.714. The van der Waals surface area contributed by atoms with E-state index in [0.717, 1.165) is 6.42 Å². The fourth-order valence-corrected chi connectivity index (χ4v) is 1.72. The number of aliphatic hydroxyl groups is 1. The molecule has 0 spiro atoms. The zero-order chi connectivity index (χ0) is 5.56. The SMILES string of the molecule is OC1CC2=CC1CC2. The molecule has 1 heteroatoms. The summed E-state index contributed by atoms with van der Waals surface area (Å²) in [6.45, 7) is 0. The monoisotopic (exact) mass is 110 g/mol. The summed E-state index contributed by atoms with van der Waals surface area (Å²) in [5.41, 5.74) is 1.49. The molecule has 0 aromatic heterocycles. The van der Waals surface area contributed by atoms with Gasteiger partial charge in [0.05, 0.1) is 6.10 Å². The quantitative estimate of drug-likeness (QED) is 0.463. The van der Waals surface area contributed by atoms with Crippen LogP contribution in [0.3, 0.4) is 0 Å². The van der Waals surface area contributed by atoms with Gasteiger partial charge in [-0.15, -0.1) is 0 Å². The molecule has 0 aliphatic heterocycles. The highest BCUT2D eigenvalue weighted by Gasteiger charge is 2.30. The van der Waals surface area contributed by atoms with Gasteiger partial charge in [0.25, 0.3) is 0 Å². The standard InChI is InChI=1S/C7H10O/c8-7-4-5-1-2-6(7)3-5/h3,6-8H,1-2,4H2. The predicted octanol–water partition coefficient (Wildman–Crippen LogP) is 1.09. The number of aliphatic hydroxyl groups excluding tert-OH is 1. The molecule has 0 aromatic rings. The maximum absolute atomic E-state index is 9.17. The minimum absolute atomic E-state index is 0.0150.